The molecular formula is C12H24N2O3. The van der Waals surface area contributed by atoms with Crippen molar-refractivity contribution in [1.82, 2.24) is 5.32 Å². The van der Waals surface area contributed by atoms with E-state index in [9.17, 15) is 4.79 Å². The molecule has 100 valence electrons. The number of ether oxygens (including phenoxy) is 2. The van der Waals surface area contributed by atoms with Crippen molar-refractivity contribution in [3.8, 4) is 0 Å². The average Bonchev–Trinajstić information content (AvgIpc) is 2.77. The summed E-state index contributed by atoms with van der Waals surface area (Å²) < 4.78 is 10.9. The Morgan fingerprint density at radius 1 is 1.65 bits per heavy atom. The Morgan fingerprint density at radius 2 is 2.41 bits per heavy atom. The summed E-state index contributed by atoms with van der Waals surface area (Å²) in [6.45, 7) is 6.69. The Hall–Kier alpha value is -0.650. The van der Waals surface area contributed by atoms with Gasteiger partial charge in [-0.05, 0) is 32.7 Å². The summed E-state index contributed by atoms with van der Waals surface area (Å²) in [5.74, 6) is -0.302. The fraction of sp³-hybridized carbons (Fsp3) is 0.917. The molecule has 5 nitrogen and oxygen atoms in total. The molecule has 0 saturated carbocycles. The minimum absolute atomic E-state index is 0.231. The Bertz CT molecular complexity index is 242. The molecule has 1 rings (SSSR count). The Morgan fingerprint density at radius 3 is 2.94 bits per heavy atom. The lowest BCUT2D eigenvalue weighted by Gasteiger charge is -2.27. The molecular weight excluding hydrogens is 220 g/mol. The number of amides is 1. The summed E-state index contributed by atoms with van der Waals surface area (Å²) in [6, 6.07) is 0. The second kappa shape index (κ2) is 6.93. The van der Waals surface area contributed by atoms with Gasteiger partial charge in [0.05, 0.1) is 18.2 Å². The predicted octanol–water partition coefficient (Wildman–Crippen LogP) is 0.426. The monoisotopic (exact) mass is 244 g/mol. The molecule has 2 atom stereocenters. The molecule has 0 aromatic carbocycles. The minimum atomic E-state index is -0.621. The van der Waals surface area contributed by atoms with Gasteiger partial charge in [-0.2, -0.15) is 0 Å². The Balaban J connectivity index is 2.20. The summed E-state index contributed by atoms with van der Waals surface area (Å²) in [5.41, 5.74) is 4.78. The quantitative estimate of drug-likeness (QED) is 0.607. The SMILES string of the molecule is CCNC(C)(CCCOC1CCOC1)C(N)=O. The third-order valence-corrected chi connectivity index (χ3v) is 3.17. The topological polar surface area (TPSA) is 73.6 Å². The van der Waals surface area contributed by atoms with Crippen LogP contribution in [0.4, 0.5) is 0 Å². The first-order valence-corrected chi connectivity index (χ1v) is 6.33. The van der Waals surface area contributed by atoms with Crippen LogP contribution < -0.4 is 11.1 Å². The summed E-state index contributed by atoms with van der Waals surface area (Å²) in [5, 5.41) is 3.13. The van der Waals surface area contributed by atoms with Crippen molar-refractivity contribution >= 4 is 5.91 Å². The van der Waals surface area contributed by atoms with Gasteiger partial charge in [0.15, 0.2) is 0 Å². The highest BCUT2D eigenvalue weighted by atomic mass is 16.5. The van der Waals surface area contributed by atoms with Gasteiger partial charge in [-0.15, -0.1) is 0 Å². The zero-order chi connectivity index (χ0) is 12.7. The Labute approximate surface area is 103 Å². The van der Waals surface area contributed by atoms with Gasteiger partial charge in [0.2, 0.25) is 5.91 Å². The highest BCUT2D eigenvalue weighted by Gasteiger charge is 2.29. The summed E-state index contributed by atoms with van der Waals surface area (Å²) >= 11 is 0. The second-order valence-electron chi connectivity index (χ2n) is 4.69. The van der Waals surface area contributed by atoms with Crippen molar-refractivity contribution in [1.29, 1.82) is 0 Å². The number of hydrogen-bond donors (Lipinski definition) is 2. The highest BCUT2D eigenvalue weighted by Crippen LogP contribution is 2.14. The molecule has 1 aliphatic rings. The van der Waals surface area contributed by atoms with Gasteiger partial charge in [0, 0.05) is 13.2 Å². The van der Waals surface area contributed by atoms with E-state index in [1.165, 1.54) is 0 Å². The van der Waals surface area contributed by atoms with Crippen molar-refractivity contribution in [2.45, 2.75) is 44.8 Å². The molecule has 0 aliphatic carbocycles. The third-order valence-electron chi connectivity index (χ3n) is 3.17. The number of hydrogen-bond acceptors (Lipinski definition) is 4. The molecule has 0 aromatic rings. The van der Waals surface area contributed by atoms with Gasteiger partial charge >= 0.3 is 0 Å². The van der Waals surface area contributed by atoms with E-state index in [1.807, 2.05) is 13.8 Å². The lowest BCUT2D eigenvalue weighted by molar-refractivity contribution is -0.124. The van der Waals surface area contributed by atoms with Crippen molar-refractivity contribution in [3.05, 3.63) is 0 Å². The molecule has 0 radical (unpaired) electrons. The molecule has 1 saturated heterocycles. The van der Waals surface area contributed by atoms with Gasteiger partial charge in [-0.25, -0.2) is 0 Å². The van der Waals surface area contributed by atoms with Crippen molar-refractivity contribution in [2.24, 2.45) is 5.73 Å². The molecule has 1 amide bonds. The summed E-state index contributed by atoms with van der Waals surface area (Å²) in [6.07, 6.45) is 2.72. The summed E-state index contributed by atoms with van der Waals surface area (Å²) in [7, 11) is 0. The zero-order valence-corrected chi connectivity index (χ0v) is 10.8. The summed E-state index contributed by atoms with van der Waals surface area (Å²) in [4.78, 5) is 11.4. The number of nitrogens with one attached hydrogen (secondary N) is 1. The number of likely N-dealkylation sites (N-methyl/N-ethyl adjacent to an activating group) is 1. The standard InChI is InChI=1S/C12H24N2O3/c1-3-14-12(2,11(13)15)6-4-7-17-10-5-8-16-9-10/h10,14H,3-9H2,1-2H3,(H2,13,15). The van der Waals surface area contributed by atoms with Gasteiger partial charge in [-0.1, -0.05) is 6.92 Å². The maximum atomic E-state index is 11.4. The van der Waals surface area contributed by atoms with Gasteiger partial charge in [-0.3, -0.25) is 4.79 Å². The first-order chi connectivity index (χ1) is 8.08. The van der Waals surface area contributed by atoms with Crippen LogP contribution in [-0.4, -0.2) is 43.9 Å². The maximum Gasteiger partial charge on any atom is 0.237 e. The third kappa shape index (κ3) is 4.61. The van der Waals surface area contributed by atoms with Crippen LogP contribution in [0.3, 0.4) is 0 Å². The zero-order valence-electron chi connectivity index (χ0n) is 10.8. The number of carbonyl (C=O) groups excluding carboxylic acids is 1. The molecule has 0 spiro atoms. The van der Waals surface area contributed by atoms with Gasteiger partial charge in [0.1, 0.15) is 0 Å². The molecule has 1 aliphatic heterocycles. The first kappa shape index (κ1) is 14.4. The van der Waals surface area contributed by atoms with Crippen LogP contribution >= 0.6 is 0 Å². The highest BCUT2D eigenvalue weighted by molar-refractivity contribution is 5.84. The van der Waals surface area contributed by atoms with Crippen molar-refractivity contribution < 1.29 is 14.3 Å². The van der Waals surface area contributed by atoms with E-state index in [2.05, 4.69) is 5.32 Å². The molecule has 1 fully saturated rings. The van der Waals surface area contributed by atoms with Crippen LogP contribution in [-0.2, 0) is 14.3 Å². The minimum Gasteiger partial charge on any atom is -0.379 e. The molecule has 1 heterocycles. The van der Waals surface area contributed by atoms with E-state index in [1.54, 1.807) is 0 Å². The molecule has 0 bridgehead atoms. The molecule has 17 heavy (non-hydrogen) atoms. The average molecular weight is 244 g/mol. The smallest absolute Gasteiger partial charge is 0.237 e. The van der Waals surface area contributed by atoms with E-state index >= 15 is 0 Å². The fourth-order valence-electron chi connectivity index (χ4n) is 2.01. The van der Waals surface area contributed by atoms with Crippen LogP contribution in [0.15, 0.2) is 0 Å². The van der Waals surface area contributed by atoms with Crippen LogP contribution in [0, 0.1) is 0 Å². The van der Waals surface area contributed by atoms with E-state index in [4.69, 9.17) is 15.2 Å². The van der Waals surface area contributed by atoms with Crippen molar-refractivity contribution in [3.63, 3.8) is 0 Å². The lowest BCUT2D eigenvalue weighted by Crippen LogP contribution is -2.53. The van der Waals surface area contributed by atoms with E-state index in [0.717, 1.165) is 26.0 Å². The van der Waals surface area contributed by atoms with E-state index in [-0.39, 0.29) is 12.0 Å². The van der Waals surface area contributed by atoms with E-state index < -0.39 is 5.54 Å². The second-order valence-corrected chi connectivity index (χ2v) is 4.69. The van der Waals surface area contributed by atoms with Gasteiger partial charge < -0.3 is 20.5 Å². The molecule has 5 heteroatoms. The first-order valence-electron chi connectivity index (χ1n) is 6.33. The largest absolute Gasteiger partial charge is 0.379 e. The molecule has 3 N–H and O–H groups in total. The van der Waals surface area contributed by atoms with Crippen LogP contribution in [0.5, 0.6) is 0 Å². The van der Waals surface area contributed by atoms with Crippen LogP contribution in [0.1, 0.15) is 33.1 Å². The van der Waals surface area contributed by atoms with Crippen molar-refractivity contribution in [2.75, 3.05) is 26.4 Å². The molecule has 2 unspecified atom stereocenters. The predicted molar refractivity (Wildman–Crippen MR) is 65.7 cm³/mol. The number of primary amides is 1. The Kier molecular flexibility index (Phi) is 5.88. The van der Waals surface area contributed by atoms with Crippen LogP contribution in [0.2, 0.25) is 0 Å². The number of carbonyl (C=O) groups is 1. The normalized spacial score (nSPS) is 23.5. The number of nitrogens with two attached hydrogens (primary N) is 1. The van der Waals surface area contributed by atoms with Gasteiger partial charge in [0.25, 0.3) is 0 Å². The van der Waals surface area contributed by atoms with Crippen LogP contribution in [0.25, 0.3) is 0 Å². The lowest BCUT2D eigenvalue weighted by atomic mass is 9.95. The van der Waals surface area contributed by atoms with E-state index in [0.29, 0.717) is 19.6 Å². The number of rotatable bonds is 8. The fourth-order valence-corrected chi connectivity index (χ4v) is 2.01. The maximum absolute atomic E-state index is 11.4. The molecule has 0 aromatic heterocycles.